The molecule has 13 heteroatoms. The second kappa shape index (κ2) is 10.1. The summed E-state index contributed by atoms with van der Waals surface area (Å²) >= 11 is 0. The van der Waals surface area contributed by atoms with E-state index in [4.69, 9.17) is 23.7 Å². The van der Waals surface area contributed by atoms with Crippen LogP contribution in [0.25, 0.3) is 0 Å². The SMILES string of the molecule is CC(=O)OC[C@H]1OC(SS(C)(=O)=O)[C@H](OC(C)=O)[C@@H](OC(C)=O)[C@H]1OC(C)=O. The van der Waals surface area contributed by atoms with Crippen molar-refractivity contribution in [3.05, 3.63) is 0 Å². The zero-order valence-electron chi connectivity index (χ0n) is 15.9. The van der Waals surface area contributed by atoms with Gasteiger partial charge in [-0.3, -0.25) is 19.2 Å². The average Bonchev–Trinajstić information content (AvgIpc) is 2.48. The molecule has 1 aliphatic heterocycles. The Morgan fingerprint density at radius 3 is 1.71 bits per heavy atom. The molecule has 160 valence electrons. The van der Waals surface area contributed by atoms with Crippen LogP contribution in [0, 0.1) is 0 Å². The van der Waals surface area contributed by atoms with Crippen LogP contribution in [0.1, 0.15) is 27.7 Å². The topological polar surface area (TPSA) is 149 Å². The first-order valence-corrected chi connectivity index (χ1v) is 11.3. The van der Waals surface area contributed by atoms with E-state index >= 15 is 0 Å². The van der Waals surface area contributed by atoms with Gasteiger partial charge in [0, 0.05) is 44.7 Å². The van der Waals surface area contributed by atoms with Gasteiger partial charge in [0.2, 0.25) is 8.87 Å². The number of esters is 4. The number of rotatable bonds is 7. The van der Waals surface area contributed by atoms with E-state index in [-0.39, 0.29) is 0 Å². The van der Waals surface area contributed by atoms with Crippen LogP contribution in [-0.4, -0.2) is 75.0 Å². The van der Waals surface area contributed by atoms with Crippen molar-refractivity contribution in [1.82, 2.24) is 0 Å². The van der Waals surface area contributed by atoms with E-state index in [0.29, 0.717) is 10.8 Å². The van der Waals surface area contributed by atoms with Crippen LogP contribution in [0.5, 0.6) is 0 Å². The Morgan fingerprint density at radius 2 is 1.29 bits per heavy atom. The highest BCUT2D eigenvalue weighted by atomic mass is 33.1. The lowest BCUT2D eigenvalue weighted by Crippen LogP contribution is -2.61. The summed E-state index contributed by atoms with van der Waals surface area (Å²) in [5.41, 5.74) is -1.34. The fourth-order valence-corrected chi connectivity index (χ4v) is 4.79. The molecule has 0 spiro atoms. The zero-order valence-corrected chi connectivity index (χ0v) is 17.5. The molecule has 1 fully saturated rings. The minimum absolute atomic E-state index is 0.318. The first-order valence-electron chi connectivity index (χ1n) is 7.99. The fourth-order valence-electron chi connectivity index (χ4n) is 2.44. The highest BCUT2D eigenvalue weighted by molar-refractivity contribution is 8.72. The van der Waals surface area contributed by atoms with Crippen molar-refractivity contribution in [2.45, 2.75) is 57.5 Å². The van der Waals surface area contributed by atoms with E-state index in [1.54, 1.807) is 0 Å². The minimum Gasteiger partial charge on any atom is -0.463 e. The summed E-state index contributed by atoms with van der Waals surface area (Å²) in [4.78, 5) is 45.8. The van der Waals surface area contributed by atoms with Gasteiger partial charge in [-0.05, 0) is 0 Å². The van der Waals surface area contributed by atoms with Gasteiger partial charge in [-0.2, -0.15) is 0 Å². The van der Waals surface area contributed by atoms with Gasteiger partial charge in [-0.25, -0.2) is 8.42 Å². The summed E-state index contributed by atoms with van der Waals surface area (Å²) in [6.07, 6.45) is -4.38. The smallest absolute Gasteiger partial charge is 0.303 e. The molecule has 0 N–H and O–H groups in total. The van der Waals surface area contributed by atoms with Gasteiger partial charge in [-0.15, -0.1) is 0 Å². The van der Waals surface area contributed by atoms with E-state index in [9.17, 15) is 27.6 Å². The largest absolute Gasteiger partial charge is 0.463 e. The summed E-state index contributed by atoms with van der Waals surface area (Å²) < 4.78 is 49.5. The lowest BCUT2D eigenvalue weighted by atomic mass is 9.99. The lowest BCUT2D eigenvalue weighted by molar-refractivity contribution is -0.237. The van der Waals surface area contributed by atoms with Gasteiger partial charge in [0.1, 0.15) is 12.7 Å². The maximum Gasteiger partial charge on any atom is 0.303 e. The molecule has 11 nitrogen and oxygen atoms in total. The van der Waals surface area contributed by atoms with Crippen molar-refractivity contribution >= 4 is 43.5 Å². The molecule has 1 rings (SSSR count). The van der Waals surface area contributed by atoms with Crippen molar-refractivity contribution in [3.8, 4) is 0 Å². The molecule has 1 unspecified atom stereocenters. The Morgan fingerprint density at radius 1 is 0.821 bits per heavy atom. The third kappa shape index (κ3) is 8.02. The number of carbonyl (C=O) groups excluding carboxylic acids is 4. The summed E-state index contributed by atoms with van der Waals surface area (Å²) in [5.74, 6) is -3.03. The molecule has 1 aliphatic rings. The van der Waals surface area contributed by atoms with Crippen molar-refractivity contribution in [1.29, 1.82) is 0 Å². The lowest BCUT2D eigenvalue weighted by Gasteiger charge is -2.43. The van der Waals surface area contributed by atoms with Crippen LogP contribution in [-0.2, 0) is 51.7 Å². The van der Waals surface area contributed by atoms with Gasteiger partial charge in [-0.1, -0.05) is 0 Å². The molecule has 1 saturated heterocycles. The van der Waals surface area contributed by atoms with E-state index in [1.807, 2.05) is 0 Å². The van der Waals surface area contributed by atoms with Crippen LogP contribution in [0.2, 0.25) is 0 Å². The Balaban J connectivity index is 3.36. The maximum absolute atomic E-state index is 11.8. The maximum atomic E-state index is 11.8. The molecule has 0 saturated carbocycles. The van der Waals surface area contributed by atoms with Crippen LogP contribution in [0.3, 0.4) is 0 Å². The first-order chi connectivity index (χ1) is 12.8. The van der Waals surface area contributed by atoms with Gasteiger partial charge in [0.05, 0.1) is 0 Å². The number of carbonyl (C=O) groups is 4. The van der Waals surface area contributed by atoms with E-state index < -0.39 is 69.2 Å². The monoisotopic (exact) mass is 442 g/mol. The van der Waals surface area contributed by atoms with Crippen molar-refractivity contribution in [3.63, 3.8) is 0 Å². The third-order valence-electron chi connectivity index (χ3n) is 3.22. The third-order valence-corrected chi connectivity index (χ3v) is 5.75. The normalized spacial score (nSPS) is 27.4. The Bertz CT molecular complexity index is 717. The van der Waals surface area contributed by atoms with E-state index in [2.05, 4.69) is 0 Å². The van der Waals surface area contributed by atoms with Crippen molar-refractivity contribution in [2.24, 2.45) is 0 Å². The summed E-state index contributed by atoms with van der Waals surface area (Å²) in [7, 11) is -3.38. The molecular weight excluding hydrogens is 420 g/mol. The van der Waals surface area contributed by atoms with Gasteiger partial charge in [0.15, 0.2) is 23.7 Å². The van der Waals surface area contributed by atoms with E-state index in [0.717, 1.165) is 34.0 Å². The summed E-state index contributed by atoms with van der Waals surface area (Å²) in [6.45, 7) is 3.95. The standard InChI is InChI=1S/C15H22O11S2/c1-7(16)22-6-11-12(23-8(2)17)13(24-9(3)18)14(25-10(4)19)15(26-11)27-28(5,20)21/h11-15H,6H2,1-5H3/t11-,12+,13+,14-,15?/m1/s1. The minimum atomic E-state index is -3.70. The van der Waals surface area contributed by atoms with Gasteiger partial charge < -0.3 is 23.7 Å². The Kier molecular flexibility index (Phi) is 8.70. The number of hydrogen-bond donors (Lipinski definition) is 0. The molecule has 0 bridgehead atoms. The zero-order chi connectivity index (χ0) is 21.6. The molecular formula is C15H22O11S2. The predicted octanol–water partition coefficient (Wildman–Crippen LogP) is -0.238. The fraction of sp³-hybridized carbons (Fsp3) is 0.733. The molecule has 5 atom stereocenters. The molecule has 0 aliphatic carbocycles. The highest BCUT2D eigenvalue weighted by Crippen LogP contribution is 2.36. The van der Waals surface area contributed by atoms with Crippen LogP contribution in [0.15, 0.2) is 0 Å². The van der Waals surface area contributed by atoms with Gasteiger partial charge >= 0.3 is 23.9 Å². The van der Waals surface area contributed by atoms with Crippen LogP contribution >= 0.6 is 10.8 Å². The quantitative estimate of drug-likeness (QED) is 0.291. The molecule has 0 radical (unpaired) electrons. The summed E-state index contributed by atoms with van der Waals surface area (Å²) in [6, 6.07) is 0. The summed E-state index contributed by atoms with van der Waals surface area (Å²) in [5, 5.41) is 0. The first kappa shape index (κ1) is 24.2. The second-order valence-corrected chi connectivity index (χ2v) is 10.3. The molecule has 0 amide bonds. The molecule has 0 aromatic heterocycles. The average molecular weight is 442 g/mol. The van der Waals surface area contributed by atoms with Crippen molar-refractivity contribution < 1.29 is 51.3 Å². The molecule has 0 aromatic rings. The van der Waals surface area contributed by atoms with Gasteiger partial charge in [0.25, 0.3) is 0 Å². The Labute approximate surface area is 165 Å². The molecule has 0 aromatic carbocycles. The molecule has 28 heavy (non-hydrogen) atoms. The predicted molar refractivity (Wildman–Crippen MR) is 94.4 cm³/mol. The van der Waals surface area contributed by atoms with Crippen molar-refractivity contribution in [2.75, 3.05) is 12.9 Å². The van der Waals surface area contributed by atoms with Crippen LogP contribution < -0.4 is 0 Å². The van der Waals surface area contributed by atoms with E-state index in [1.165, 1.54) is 0 Å². The Hall–Kier alpha value is -1.86. The highest BCUT2D eigenvalue weighted by Gasteiger charge is 2.53. The molecule has 1 heterocycles. The number of ether oxygens (including phenoxy) is 5. The number of hydrogen-bond acceptors (Lipinski definition) is 12. The van der Waals surface area contributed by atoms with Crippen LogP contribution in [0.4, 0.5) is 0 Å². The second-order valence-electron chi connectivity index (χ2n) is 5.87.